The molecule has 5 aromatic rings. The lowest BCUT2D eigenvalue weighted by Gasteiger charge is -2.12. The van der Waals surface area contributed by atoms with Gasteiger partial charge in [0.1, 0.15) is 11.3 Å². The lowest BCUT2D eigenvalue weighted by Crippen LogP contribution is -2.41. The molecule has 0 aliphatic rings. The van der Waals surface area contributed by atoms with Gasteiger partial charge in [-0.1, -0.05) is 48.5 Å². The predicted molar refractivity (Wildman–Crippen MR) is 129 cm³/mol. The van der Waals surface area contributed by atoms with Crippen molar-refractivity contribution in [3.8, 4) is 11.3 Å². The third kappa shape index (κ3) is 3.62. The van der Waals surface area contributed by atoms with Crippen LogP contribution in [0, 0.1) is 0 Å². The summed E-state index contributed by atoms with van der Waals surface area (Å²) in [6, 6.07) is 18.2. The number of aryl methyl sites for hydroxylation is 2. The van der Waals surface area contributed by atoms with E-state index in [9.17, 15) is 27.6 Å². The number of fused-ring (bicyclic) bond motifs is 2. The maximum absolute atomic E-state index is 13.7. The van der Waals surface area contributed by atoms with Crippen molar-refractivity contribution in [1.82, 2.24) is 18.7 Å². The number of hydrogen-bond acceptors (Lipinski definition) is 4. The van der Waals surface area contributed by atoms with Gasteiger partial charge in [0.15, 0.2) is 5.78 Å². The molecule has 0 unspecified atom stereocenters. The number of Topliss-reactive ketones (excluding diaryl/α,β-unsaturated/α-hetero) is 1. The smallest absolute Gasteiger partial charge is 0.343 e. The average Bonchev–Trinajstić information content (AvgIpc) is 3.17. The summed E-state index contributed by atoms with van der Waals surface area (Å²) in [5.74, 6) is -0.482. The highest BCUT2D eigenvalue weighted by Gasteiger charge is 2.33. The summed E-state index contributed by atoms with van der Waals surface area (Å²) < 4.78 is 42.8. The Bertz CT molecular complexity index is 1780. The zero-order chi connectivity index (χ0) is 25.8. The summed E-state index contributed by atoms with van der Waals surface area (Å²) in [6.07, 6.45) is -4.74. The Hall–Kier alpha value is -4.47. The molecule has 0 amide bonds. The molecule has 0 saturated carbocycles. The van der Waals surface area contributed by atoms with Crippen molar-refractivity contribution in [1.29, 1.82) is 0 Å². The van der Waals surface area contributed by atoms with Crippen molar-refractivity contribution in [2.24, 2.45) is 14.1 Å². The summed E-state index contributed by atoms with van der Waals surface area (Å²) >= 11 is 0. The van der Waals surface area contributed by atoms with E-state index >= 15 is 0 Å². The Labute approximate surface area is 201 Å². The second kappa shape index (κ2) is 8.33. The molecule has 10 heteroatoms. The summed E-state index contributed by atoms with van der Waals surface area (Å²) in [4.78, 5) is 43.3. The minimum Gasteiger partial charge on any atom is -0.343 e. The van der Waals surface area contributed by atoms with Gasteiger partial charge in [0.25, 0.3) is 5.56 Å². The highest BCUT2D eigenvalue weighted by atomic mass is 19.4. The number of aromatic nitrogens is 4. The molecule has 0 aliphatic carbocycles. The molecule has 7 nitrogen and oxygen atoms in total. The second-order valence-corrected chi connectivity index (χ2v) is 8.39. The van der Waals surface area contributed by atoms with Crippen LogP contribution in [-0.4, -0.2) is 24.5 Å². The Morgan fingerprint density at radius 1 is 0.861 bits per heavy atom. The monoisotopic (exact) mass is 492 g/mol. The van der Waals surface area contributed by atoms with E-state index in [-0.39, 0.29) is 5.39 Å². The lowest BCUT2D eigenvalue weighted by atomic mass is 10.0. The molecule has 0 bridgehead atoms. The first-order valence-electron chi connectivity index (χ1n) is 10.9. The number of alkyl halides is 3. The normalized spacial score (nSPS) is 11.9. The van der Waals surface area contributed by atoms with Gasteiger partial charge in [0.2, 0.25) is 0 Å². The second-order valence-electron chi connectivity index (χ2n) is 8.39. The van der Waals surface area contributed by atoms with E-state index in [1.54, 1.807) is 12.1 Å². The number of carbonyl (C=O) groups is 1. The van der Waals surface area contributed by atoms with Crippen LogP contribution in [0.1, 0.15) is 16.1 Å². The van der Waals surface area contributed by atoms with Crippen LogP contribution in [0.5, 0.6) is 0 Å². The number of nitrogens with zero attached hydrogens (tertiary/aromatic N) is 4. The highest BCUT2D eigenvalue weighted by Crippen LogP contribution is 2.33. The van der Waals surface area contributed by atoms with Gasteiger partial charge in [-0.25, -0.2) is 9.78 Å². The van der Waals surface area contributed by atoms with Crippen molar-refractivity contribution < 1.29 is 18.0 Å². The molecule has 0 saturated heterocycles. The van der Waals surface area contributed by atoms with E-state index in [0.717, 1.165) is 26.3 Å². The van der Waals surface area contributed by atoms with Crippen molar-refractivity contribution in [2.75, 3.05) is 0 Å². The van der Waals surface area contributed by atoms with Gasteiger partial charge in [-0.05, 0) is 23.8 Å². The maximum atomic E-state index is 13.7. The third-order valence-corrected chi connectivity index (χ3v) is 6.21. The maximum Gasteiger partial charge on any atom is 0.433 e. The van der Waals surface area contributed by atoms with Gasteiger partial charge in [-0.2, -0.15) is 13.2 Å². The molecule has 36 heavy (non-hydrogen) atoms. The third-order valence-electron chi connectivity index (χ3n) is 6.21. The molecule has 182 valence electrons. The largest absolute Gasteiger partial charge is 0.433 e. The van der Waals surface area contributed by atoms with Crippen molar-refractivity contribution >= 4 is 27.7 Å². The minimum atomic E-state index is -4.74. The van der Waals surface area contributed by atoms with Gasteiger partial charge in [-0.15, -0.1) is 0 Å². The topological polar surface area (TPSA) is 78.9 Å². The van der Waals surface area contributed by atoms with Crippen LogP contribution in [0.25, 0.3) is 33.2 Å². The van der Waals surface area contributed by atoms with Gasteiger partial charge in [0, 0.05) is 25.0 Å². The van der Waals surface area contributed by atoms with E-state index in [1.165, 1.54) is 7.05 Å². The number of para-hydroxylation sites is 1. The summed E-state index contributed by atoms with van der Waals surface area (Å²) in [5.41, 5.74) is -0.897. The van der Waals surface area contributed by atoms with Crippen molar-refractivity contribution in [3.63, 3.8) is 0 Å². The fourth-order valence-electron chi connectivity index (χ4n) is 4.50. The summed E-state index contributed by atoms with van der Waals surface area (Å²) in [5, 5.41) is 0.463. The van der Waals surface area contributed by atoms with E-state index in [2.05, 4.69) is 4.98 Å². The zero-order valence-corrected chi connectivity index (χ0v) is 19.2. The summed E-state index contributed by atoms with van der Waals surface area (Å²) in [6.45, 7) is -0.587. The number of ketones is 1. The molecule has 0 radical (unpaired) electrons. The number of hydrogen-bond donors (Lipinski definition) is 0. The molecular formula is C26H19F3N4O3. The molecular weight excluding hydrogens is 473 g/mol. The van der Waals surface area contributed by atoms with Crippen molar-refractivity contribution in [2.45, 2.75) is 12.7 Å². The predicted octanol–water partition coefficient (Wildman–Crippen LogP) is 4.16. The molecule has 0 aliphatic heterocycles. The minimum absolute atomic E-state index is 0.195. The average molecular weight is 492 g/mol. The summed E-state index contributed by atoms with van der Waals surface area (Å²) in [7, 11) is 3.04. The Balaban J connectivity index is 1.69. The lowest BCUT2D eigenvalue weighted by molar-refractivity contribution is -0.141. The fraction of sp³-hybridized carbons (Fsp3) is 0.154. The first-order chi connectivity index (χ1) is 17.1. The molecule has 0 N–H and O–H groups in total. The van der Waals surface area contributed by atoms with E-state index in [0.29, 0.717) is 22.7 Å². The molecule has 2 aromatic carbocycles. The number of halogens is 3. The molecule has 5 rings (SSSR count). The molecule has 0 spiro atoms. The fourth-order valence-corrected chi connectivity index (χ4v) is 4.50. The zero-order valence-electron chi connectivity index (χ0n) is 19.2. The van der Waals surface area contributed by atoms with Gasteiger partial charge in [0.05, 0.1) is 23.2 Å². The first kappa shape index (κ1) is 23.3. The van der Waals surface area contributed by atoms with Crippen LogP contribution in [0.15, 0.2) is 76.3 Å². The van der Waals surface area contributed by atoms with Crippen molar-refractivity contribution in [3.05, 3.63) is 98.8 Å². The SMILES string of the molecule is Cn1c(-c2ccccc2)c(C(=O)Cn2c(=O)c3ccc(C(F)(F)F)nc3n(C)c2=O)c2ccccc21. The number of carbonyl (C=O) groups excluding carboxylic acids is 1. The molecule has 3 aromatic heterocycles. The van der Waals surface area contributed by atoms with Crippen LogP contribution in [0.3, 0.4) is 0 Å². The van der Waals surface area contributed by atoms with E-state index < -0.39 is 41.1 Å². The van der Waals surface area contributed by atoms with Crippen LogP contribution < -0.4 is 11.2 Å². The quantitative estimate of drug-likeness (QED) is 0.353. The van der Waals surface area contributed by atoms with Gasteiger partial charge in [-0.3, -0.25) is 18.7 Å². The number of benzene rings is 2. The Kier molecular flexibility index (Phi) is 5.39. The number of pyridine rings is 1. The first-order valence-corrected chi connectivity index (χ1v) is 10.9. The standard InChI is InChI=1S/C26H19F3N4O3/c1-31-18-11-7-6-10-16(18)21(22(31)15-8-4-3-5-9-15)19(34)14-33-24(35)17-12-13-20(26(27,28)29)30-23(17)32(2)25(33)36/h3-13H,14H2,1-2H3. The van der Waals surface area contributed by atoms with Gasteiger partial charge < -0.3 is 4.57 Å². The molecule has 3 heterocycles. The van der Waals surface area contributed by atoms with Crippen LogP contribution in [0.2, 0.25) is 0 Å². The Morgan fingerprint density at radius 3 is 2.22 bits per heavy atom. The highest BCUT2D eigenvalue weighted by molar-refractivity contribution is 6.13. The molecule has 0 fully saturated rings. The van der Waals surface area contributed by atoms with Crippen LogP contribution in [0.4, 0.5) is 13.2 Å². The van der Waals surface area contributed by atoms with Crippen LogP contribution >= 0.6 is 0 Å². The molecule has 0 atom stereocenters. The Morgan fingerprint density at radius 2 is 1.53 bits per heavy atom. The van der Waals surface area contributed by atoms with Gasteiger partial charge >= 0.3 is 11.9 Å². The van der Waals surface area contributed by atoms with Crippen LogP contribution in [-0.2, 0) is 26.8 Å². The van der Waals surface area contributed by atoms with E-state index in [4.69, 9.17) is 0 Å². The van der Waals surface area contributed by atoms with E-state index in [1.807, 2.05) is 54.1 Å². The number of rotatable bonds is 4.